The molecule has 0 aromatic carbocycles. The number of nitrogens with one attached hydrogen (secondary N) is 1. The molecule has 0 saturated carbocycles. The van der Waals surface area contributed by atoms with E-state index in [1.54, 1.807) is 6.92 Å². The second-order valence-corrected chi connectivity index (χ2v) is 5.63. The molecule has 0 aromatic heterocycles. The van der Waals surface area contributed by atoms with Crippen LogP contribution in [0.4, 0.5) is 0 Å². The number of carbonyl (C=O) groups is 2. The average Bonchev–Trinajstić information content (AvgIpc) is 2.77. The van der Waals surface area contributed by atoms with Crippen LogP contribution in [0.5, 0.6) is 0 Å². The number of nitrogens with zero attached hydrogens (tertiary/aromatic N) is 1. The van der Waals surface area contributed by atoms with Gasteiger partial charge in [-0.2, -0.15) is 0 Å². The Morgan fingerprint density at radius 3 is 2.68 bits per heavy atom. The van der Waals surface area contributed by atoms with Gasteiger partial charge in [0.1, 0.15) is 5.78 Å². The molecule has 1 N–H and O–H groups in total. The summed E-state index contributed by atoms with van der Waals surface area (Å²) in [6.07, 6.45) is 4.50. The van der Waals surface area contributed by atoms with Crippen LogP contribution in [0, 0.1) is 0 Å². The van der Waals surface area contributed by atoms with E-state index in [0.717, 1.165) is 45.4 Å². The maximum Gasteiger partial charge on any atom is 0.234 e. The molecule has 0 bridgehead atoms. The first-order valence-corrected chi connectivity index (χ1v) is 7.26. The predicted molar refractivity (Wildman–Crippen MR) is 71.9 cm³/mol. The summed E-state index contributed by atoms with van der Waals surface area (Å²) < 4.78 is 5.28. The Balaban J connectivity index is 1.75. The normalized spacial score (nSPS) is 25.4. The minimum atomic E-state index is 0.0855. The molecule has 1 atom stereocenters. The molecule has 5 heteroatoms. The van der Waals surface area contributed by atoms with E-state index in [9.17, 15) is 9.59 Å². The molecule has 1 unspecified atom stereocenters. The zero-order chi connectivity index (χ0) is 13.7. The van der Waals surface area contributed by atoms with Gasteiger partial charge in [0.15, 0.2) is 0 Å². The molecule has 2 saturated heterocycles. The van der Waals surface area contributed by atoms with Crippen molar-refractivity contribution >= 4 is 11.7 Å². The molecule has 2 rings (SSSR count). The van der Waals surface area contributed by atoms with Gasteiger partial charge >= 0.3 is 0 Å². The molecule has 108 valence electrons. The van der Waals surface area contributed by atoms with Crippen molar-refractivity contribution in [2.45, 2.75) is 51.1 Å². The number of amides is 1. The second-order valence-electron chi connectivity index (χ2n) is 5.63. The fraction of sp³-hybridized carbons (Fsp3) is 0.857. The topological polar surface area (TPSA) is 58.6 Å². The number of hydrogen-bond donors (Lipinski definition) is 1. The summed E-state index contributed by atoms with van der Waals surface area (Å²) in [6.45, 7) is 4.45. The van der Waals surface area contributed by atoms with Crippen molar-refractivity contribution in [2.75, 3.05) is 26.3 Å². The minimum absolute atomic E-state index is 0.0855. The van der Waals surface area contributed by atoms with Crippen molar-refractivity contribution in [1.82, 2.24) is 10.2 Å². The molecule has 0 radical (unpaired) electrons. The molecular formula is C14H24N2O3. The van der Waals surface area contributed by atoms with Crippen molar-refractivity contribution in [2.24, 2.45) is 0 Å². The van der Waals surface area contributed by atoms with Crippen LogP contribution in [0.2, 0.25) is 0 Å². The maximum atomic E-state index is 12.0. The van der Waals surface area contributed by atoms with E-state index in [0.29, 0.717) is 13.0 Å². The monoisotopic (exact) mass is 268 g/mol. The molecule has 1 amide bonds. The van der Waals surface area contributed by atoms with E-state index in [2.05, 4.69) is 10.2 Å². The number of rotatable bonds is 5. The lowest BCUT2D eigenvalue weighted by molar-refractivity contribution is -0.125. The van der Waals surface area contributed by atoms with Gasteiger partial charge in [-0.3, -0.25) is 14.5 Å². The Hall–Kier alpha value is -0.940. The number of ketones is 1. The van der Waals surface area contributed by atoms with E-state index < -0.39 is 0 Å². The third-order valence-corrected chi connectivity index (χ3v) is 3.96. The Labute approximate surface area is 114 Å². The molecule has 19 heavy (non-hydrogen) atoms. The van der Waals surface area contributed by atoms with Gasteiger partial charge in [-0.1, -0.05) is 0 Å². The zero-order valence-electron chi connectivity index (χ0n) is 11.7. The molecule has 2 aliphatic rings. The van der Waals surface area contributed by atoms with Gasteiger partial charge in [-0.05, 0) is 39.2 Å². The highest BCUT2D eigenvalue weighted by Crippen LogP contribution is 2.19. The number of carbonyl (C=O) groups excluding carboxylic acids is 2. The molecule has 0 aliphatic carbocycles. The van der Waals surface area contributed by atoms with E-state index >= 15 is 0 Å². The second kappa shape index (κ2) is 7.01. The first-order valence-electron chi connectivity index (χ1n) is 7.26. The molecule has 0 spiro atoms. The minimum Gasteiger partial charge on any atom is -0.381 e. The standard InChI is InChI=1S/C14H24N2O3/c1-11(17)9-13-3-2-6-16(13)10-14(18)15-12-4-7-19-8-5-12/h12-13H,2-10H2,1H3,(H,15,18). The van der Waals surface area contributed by atoms with Crippen LogP contribution in [0.1, 0.15) is 39.0 Å². The highest BCUT2D eigenvalue weighted by molar-refractivity contribution is 5.79. The fourth-order valence-corrected chi connectivity index (χ4v) is 2.97. The molecular weight excluding hydrogens is 244 g/mol. The fourth-order valence-electron chi connectivity index (χ4n) is 2.97. The van der Waals surface area contributed by atoms with Gasteiger partial charge in [-0.25, -0.2) is 0 Å². The largest absolute Gasteiger partial charge is 0.381 e. The van der Waals surface area contributed by atoms with Gasteiger partial charge < -0.3 is 10.1 Å². The quantitative estimate of drug-likeness (QED) is 0.798. The van der Waals surface area contributed by atoms with Crippen LogP contribution in [0.25, 0.3) is 0 Å². The summed E-state index contributed by atoms with van der Waals surface area (Å²) in [4.78, 5) is 25.4. The van der Waals surface area contributed by atoms with Crippen molar-refractivity contribution in [3.05, 3.63) is 0 Å². The van der Waals surface area contributed by atoms with Crippen LogP contribution in [0.15, 0.2) is 0 Å². The number of Topliss-reactive ketones (excluding diaryl/α,β-unsaturated/α-hetero) is 1. The molecule has 2 heterocycles. The predicted octanol–water partition coefficient (Wildman–Crippen LogP) is 0.725. The molecule has 0 aromatic rings. The van der Waals surface area contributed by atoms with Gasteiger partial charge in [-0.15, -0.1) is 0 Å². The van der Waals surface area contributed by atoms with Gasteiger partial charge in [0.2, 0.25) is 5.91 Å². The lowest BCUT2D eigenvalue weighted by Gasteiger charge is -2.26. The van der Waals surface area contributed by atoms with E-state index in [1.165, 1.54) is 0 Å². The van der Waals surface area contributed by atoms with E-state index in [-0.39, 0.29) is 23.8 Å². The Bertz CT molecular complexity index is 327. The molecule has 2 aliphatic heterocycles. The van der Waals surface area contributed by atoms with Crippen LogP contribution >= 0.6 is 0 Å². The van der Waals surface area contributed by atoms with Crippen molar-refractivity contribution in [3.8, 4) is 0 Å². The number of likely N-dealkylation sites (tertiary alicyclic amines) is 1. The highest BCUT2D eigenvalue weighted by atomic mass is 16.5. The van der Waals surface area contributed by atoms with Crippen LogP contribution < -0.4 is 5.32 Å². The lowest BCUT2D eigenvalue weighted by Crippen LogP contribution is -2.45. The van der Waals surface area contributed by atoms with Gasteiger partial charge in [0.05, 0.1) is 6.54 Å². The zero-order valence-corrected chi connectivity index (χ0v) is 11.7. The van der Waals surface area contributed by atoms with Crippen molar-refractivity contribution in [3.63, 3.8) is 0 Å². The van der Waals surface area contributed by atoms with E-state index in [1.807, 2.05) is 0 Å². The van der Waals surface area contributed by atoms with Crippen LogP contribution in [-0.4, -0.2) is 55.0 Å². The smallest absolute Gasteiger partial charge is 0.234 e. The Morgan fingerprint density at radius 1 is 1.26 bits per heavy atom. The van der Waals surface area contributed by atoms with Crippen LogP contribution in [-0.2, 0) is 14.3 Å². The summed E-state index contributed by atoms with van der Waals surface area (Å²) in [7, 11) is 0. The van der Waals surface area contributed by atoms with Crippen molar-refractivity contribution < 1.29 is 14.3 Å². The lowest BCUT2D eigenvalue weighted by atomic mass is 10.1. The van der Waals surface area contributed by atoms with Crippen molar-refractivity contribution in [1.29, 1.82) is 0 Å². The number of ether oxygens (including phenoxy) is 1. The summed E-state index contributed by atoms with van der Waals surface area (Å²) in [6, 6.07) is 0.521. The Morgan fingerprint density at radius 2 is 2.00 bits per heavy atom. The number of hydrogen-bond acceptors (Lipinski definition) is 4. The highest BCUT2D eigenvalue weighted by Gasteiger charge is 2.27. The SMILES string of the molecule is CC(=O)CC1CCCN1CC(=O)NC1CCOCC1. The first kappa shape index (κ1) is 14.5. The summed E-state index contributed by atoms with van der Waals surface area (Å²) in [5, 5.41) is 3.07. The summed E-state index contributed by atoms with van der Waals surface area (Å²) in [5.74, 6) is 0.295. The molecule has 5 nitrogen and oxygen atoms in total. The van der Waals surface area contributed by atoms with Gasteiger partial charge in [0, 0.05) is 31.7 Å². The Kier molecular flexibility index (Phi) is 5.34. The van der Waals surface area contributed by atoms with Crippen LogP contribution in [0.3, 0.4) is 0 Å². The maximum absolute atomic E-state index is 12.0. The third-order valence-electron chi connectivity index (χ3n) is 3.96. The summed E-state index contributed by atoms with van der Waals surface area (Å²) >= 11 is 0. The average molecular weight is 268 g/mol. The molecule has 2 fully saturated rings. The van der Waals surface area contributed by atoms with E-state index in [4.69, 9.17) is 4.74 Å². The third kappa shape index (κ3) is 4.58. The van der Waals surface area contributed by atoms with Gasteiger partial charge in [0.25, 0.3) is 0 Å². The first-order chi connectivity index (χ1) is 9.15. The summed E-state index contributed by atoms with van der Waals surface area (Å²) in [5.41, 5.74) is 0.